The summed E-state index contributed by atoms with van der Waals surface area (Å²) < 4.78 is 24.0. The number of amidine groups is 1. The topological polar surface area (TPSA) is 66.8 Å². The van der Waals surface area contributed by atoms with Gasteiger partial charge in [-0.25, -0.2) is 8.42 Å². The van der Waals surface area contributed by atoms with Crippen molar-refractivity contribution in [3.63, 3.8) is 0 Å². The lowest BCUT2D eigenvalue weighted by molar-refractivity contribution is -0.118. The van der Waals surface area contributed by atoms with Crippen LogP contribution in [0.4, 0.5) is 5.69 Å². The van der Waals surface area contributed by atoms with Crippen LogP contribution in [0.5, 0.6) is 0 Å². The molecule has 3 aliphatic rings. The van der Waals surface area contributed by atoms with E-state index in [1.54, 1.807) is 23.1 Å². The number of nitrogens with zero attached hydrogens (tertiary/aromatic N) is 2. The fourth-order valence-electron chi connectivity index (χ4n) is 3.04. The molecule has 0 spiro atoms. The number of aliphatic imine (C=N–C) groups is 1. The summed E-state index contributed by atoms with van der Waals surface area (Å²) in [4.78, 5) is 18.2. The van der Waals surface area contributed by atoms with Gasteiger partial charge in [0.25, 0.3) is 5.91 Å². The van der Waals surface area contributed by atoms with Gasteiger partial charge in [-0.1, -0.05) is 35.0 Å². The summed E-state index contributed by atoms with van der Waals surface area (Å²) in [5.41, 5.74) is 0.639. The van der Waals surface area contributed by atoms with Crippen molar-refractivity contribution in [3.8, 4) is 0 Å². The number of carbonyl (C=O) groups is 1. The fraction of sp³-hybridized carbons (Fsp3) is 0.467. The molecule has 2 heterocycles. The minimum absolute atomic E-state index is 0.0183. The standard InChI is InChI=1S/C15H14Cl2N2O3S2/c16-9-3-4-11(10(17)5-9)19-12-6-24(21,22)7-13(12)23-15(19)18-14(20)8-1-2-8/h3-5,8,12-13H,1-2,6-7H2/t12-,13+/m0/s1. The van der Waals surface area contributed by atoms with Crippen LogP contribution in [-0.2, 0) is 14.6 Å². The third-order valence-corrected chi connectivity index (χ3v) is 8.12. The van der Waals surface area contributed by atoms with Crippen LogP contribution in [0.15, 0.2) is 23.2 Å². The van der Waals surface area contributed by atoms with Crippen molar-refractivity contribution in [2.24, 2.45) is 10.9 Å². The molecule has 5 nitrogen and oxygen atoms in total. The van der Waals surface area contributed by atoms with E-state index in [4.69, 9.17) is 23.2 Å². The summed E-state index contributed by atoms with van der Waals surface area (Å²) in [6.07, 6.45) is 1.76. The van der Waals surface area contributed by atoms with E-state index in [2.05, 4.69) is 4.99 Å². The molecule has 2 aliphatic heterocycles. The van der Waals surface area contributed by atoms with Crippen LogP contribution in [0.2, 0.25) is 10.0 Å². The van der Waals surface area contributed by atoms with Crippen molar-refractivity contribution >= 4 is 61.6 Å². The first-order chi connectivity index (χ1) is 11.3. The zero-order valence-electron chi connectivity index (χ0n) is 12.5. The van der Waals surface area contributed by atoms with E-state index in [0.717, 1.165) is 12.8 Å². The smallest absolute Gasteiger partial charge is 0.251 e. The van der Waals surface area contributed by atoms with Crippen LogP contribution >= 0.6 is 35.0 Å². The summed E-state index contributed by atoms with van der Waals surface area (Å²) in [5.74, 6) is 0.0289. The second kappa shape index (κ2) is 5.90. The molecule has 0 bridgehead atoms. The van der Waals surface area contributed by atoms with Gasteiger partial charge in [0.15, 0.2) is 15.0 Å². The average Bonchev–Trinajstić information content (AvgIpc) is 3.22. The molecule has 9 heteroatoms. The van der Waals surface area contributed by atoms with Gasteiger partial charge in [-0.2, -0.15) is 4.99 Å². The highest BCUT2D eigenvalue weighted by Crippen LogP contribution is 2.44. The highest BCUT2D eigenvalue weighted by atomic mass is 35.5. The van der Waals surface area contributed by atoms with Crippen molar-refractivity contribution in [1.82, 2.24) is 0 Å². The van der Waals surface area contributed by atoms with Gasteiger partial charge in [0.1, 0.15) is 0 Å². The molecule has 0 aromatic heterocycles. The zero-order chi connectivity index (χ0) is 17.1. The lowest BCUT2D eigenvalue weighted by Gasteiger charge is -2.25. The molecule has 4 rings (SSSR count). The Kier molecular flexibility index (Phi) is 4.10. The number of thioether (sulfide) groups is 1. The van der Waals surface area contributed by atoms with Crippen LogP contribution in [-0.4, -0.2) is 42.3 Å². The molecule has 1 saturated carbocycles. The number of fused-ring (bicyclic) bond motifs is 1. The lowest BCUT2D eigenvalue weighted by Crippen LogP contribution is -2.38. The molecule has 1 aromatic rings. The molecule has 0 N–H and O–H groups in total. The van der Waals surface area contributed by atoms with Crippen LogP contribution in [0.25, 0.3) is 0 Å². The Morgan fingerprint density at radius 2 is 2.00 bits per heavy atom. The second-order valence-corrected chi connectivity index (χ2v) is 10.5. The van der Waals surface area contributed by atoms with Gasteiger partial charge in [-0.05, 0) is 31.0 Å². The quantitative estimate of drug-likeness (QED) is 0.757. The Morgan fingerprint density at radius 3 is 2.67 bits per heavy atom. The fourth-order valence-corrected chi connectivity index (χ4v) is 7.45. The Bertz CT molecular complexity index is 852. The molecule has 2 saturated heterocycles. The summed E-state index contributed by atoms with van der Waals surface area (Å²) in [6, 6.07) is 4.80. The highest BCUT2D eigenvalue weighted by molar-refractivity contribution is 8.16. The maximum absolute atomic E-state index is 12.1. The van der Waals surface area contributed by atoms with Gasteiger partial charge in [-0.15, -0.1) is 0 Å². The molecular formula is C15H14Cl2N2O3S2. The first-order valence-electron chi connectivity index (χ1n) is 7.58. The predicted molar refractivity (Wildman–Crippen MR) is 97.9 cm³/mol. The Labute approximate surface area is 154 Å². The first-order valence-corrected chi connectivity index (χ1v) is 11.0. The zero-order valence-corrected chi connectivity index (χ0v) is 15.6. The maximum atomic E-state index is 12.1. The summed E-state index contributed by atoms with van der Waals surface area (Å²) in [5, 5.41) is 1.33. The summed E-state index contributed by atoms with van der Waals surface area (Å²) in [7, 11) is -3.09. The minimum Gasteiger partial charge on any atom is -0.314 e. The van der Waals surface area contributed by atoms with Crippen LogP contribution in [0, 0.1) is 5.92 Å². The minimum atomic E-state index is -3.09. The van der Waals surface area contributed by atoms with Crippen molar-refractivity contribution in [1.29, 1.82) is 0 Å². The Morgan fingerprint density at radius 1 is 1.25 bits per heavy atom. The SMILES string of the molecule is O=C(N=C1S[C@@H]2CS(=O)(=O)C[C@@H]2N1c1ccc(Cl)cc1Cl)C1CC1. The normalized spacial score (nSPS) is 29.9. The molecule has 1 aromatic carbocycles. The van der Waals surface area contributed by atoms with E-state index < -0.39 is 9.84 Å². The maximum Gasteiger partial charge on any atom is 0.251 e. The van der Waals surface area contributed by atoms with E-state index >= 15 is 0 Å². The van der Waals surface area contributed by atoms with Gasteiger partial charge in [0.05, 0.1) is 28.3 Å². The molecule has 0 unspecified atom stereocenters. The number of sulfone groups is 1. The predicted octanol–water partition coefficient (Wildman–Crippen LogP) is 3.00. The number of rotatable bonds is 2. The van der Waals surface area contributed by atoms with Crippen molar-refractivity contribution in [2.45, 2.75) is 24.1 Å². The Balaban J connectivity index is 1.76. The van der Waals surface area contributed by atoms with E-state index in [9.17, 15) is 13.2 Å². The number of hydrogen-bond donors (Lipinski definition) is 0. The van der Waals surface area contributed by atoms with Crippen molar-refractivity contribution < 1.29 is 13.2 Å². The van der Waals surface area contributed by atoms with Gasteiger partial charge < -0.3 is 4.90 Å². The molecule has 2 atom stereocenters. The largest absolute Gasteiger partial charge is 0.314 e. The molecular weight excluding hydrogens is 391 g/mol. The summed E-state index contributed by atoms with van der Waals surface area (Å²) >= 11 is 13.6. The Hall–Kier alpha value is -0.760. The molecule has 128 valence electrons. The van der Waals surface area contributed by atoms with E-state index in [1.807, 2.05) is 0 Å². The number of anilines is 1. The van der Waals surface area contributed by atoms with Gasteiger partial charge >= 0.3 is 0 Å². The molecule has 24 heavy (non-hydrogen) atoms. The molecule has 3 fully saturated rings. The van der Waals surface area contributed by atoms with Gasteiger partial charge in [0, 0.05) is 16.2 Å². The number of halogens is 2. The summed E-state index contributed by atoms with van der Waals surface area (Å²) in [6.45, 7) is 0. The van der Waals surface area contributed by atoms with E-state index in [1.165, 1.54) is 11.8 Å². The monoisotopic (exact) mass is 404 g/mol. The lowest BCUT2D eigenvalue weighted by atomic mass is 10.2. The van der Waals surface area contributed by atoms with Crippen LogP contribution < -0.4 is 4.90 Å². The van der Waals surface area contributed by atoms with Crippen LogP contribution in [0.3, 0.4) is 0 Å². The molecule has 0 radical (unpaired) electrons. The number of amides is 1. The highest BCUT2D eigenvalue weighted by Gasteiger charge is 2.50. The third kappa shape index (κ3) is 3.07. The molecule has 1 aliphatic carbocycles. The number of benzene rings is 1. The molecule has 1 amide bonds. The first kappa shape index (κ1) is 16.7. The second-order valence-electron chi connectivity index (χ2n) is 6.27. The van der Waals surface area contributed by atoms with Crippen LogP contribution in [0.1, 0.15) is 12.8 Å². The average molecular weight is 405 g/mol. The third-order valence-electron chi connectivity index (χ3n) is 4.37. The van der Waals surface area contributed by atoms with E-state index in [-0.39, 0.29) is 34.6 Å². The van der Waals surface area contributed by atoms with Gasteiger partial charge in [-0.3, -0.25) is 4.79 Å². The number of hydrogen-bond acceptors (Lipinski definition) is 4. The van der Waals surface area contributed by atoms with Crippen molar-refractivity contribution in [2.75, 3.05) is 16.4 Å². The number of carbonyl (C=O) groups excluding carboxylic acids is 1. The van der Waals surface area contributed by atoms with E-state index in [0.29, 0.717) is 20.9 Å². The van der Waals surface area contributed by atoms with Gasteiger partial charge in [0.2, 0.25) is 0 Å². The van der Waals surface area contributed by atoms with Crippen molar-refractivity contribution in [3.05, 3.63) is 28.2 Å².